The molecule has 3 nitrogen and oxygen atoms in total. The predicted octanol–water partition coefficient (Wildman–Crippen LogP) is 0.702. The summed E-state index contributed by atoms with van der Waals surface area (Å²) in [6.07, 6.45) is 0.332. The van der Waals surface area contributed by atoms with Crippen LogP contribution in [0, 0.1) is 0 Å². The lowest BCUT2D eigenvalue weighted by Gasteiger charge is -2.33. The fourth-order valence-corrected chi connectivity index (χ4v) is 2.47. The third-order valence-corrected chi connectivity index (χ3v) is 3.28. The van der Waals surface area contributed by atoms with Gasteiger partial charge < -0.3 is 14.6 Å². The molecule has 0 saturated carbocycles. The summed E-state index contributed by atoms with van der Waals surface area (Å²) < 4.78 is 11.4. The lowest BCUT2D eigenvalue weighted by atomic mass is 9.91. The van der Waals surface area contributed by atoms with Gasteiger partial charge in [0.15, 0.2) is 0 Å². The second kappa shape index (κ2) is 2.44. The van der Waals surface area contributed by atoms with Gasteiger partial charge in [0.2, 0.25) is 0 Å². The first-order valence-electron chi connectivity index (χ1n) is 4.63. The molecule has 0 aromatic rings. The Morgan fingerprint density at radius 1 is 1.42 bits per heavy atom. The van der Waals surface area contributed by atoms with Crippen molar-refractivity contribution in [1.29, 1.82) is 0 Å². The molecule has 5 atom stereocenters. The molecule has 2 saturated heterocycles. The van der Waals surface area contributed by atoms with Gasteiger partial charge in [0, 0.05) is 0 Å². The predicted molar refractivity (Wildman–Crippen MR) is 43.9 cm³/mol. The van der Waals surface area contributed by atoms with Gasteiger partial charge in [-0.05, 0) is 20.3 Å². The van der Waals surface area contributed by atoms with Gasteiger partial charge >= 0.3 is 0 Å². The van der Waals surface area contributed by atoms with Crippen LogP contribution in [-0.2, 0) is 9.47 Å². The molecule has 2 aliphatic rings. The molecule has 0 aliphatic carbocycles. The first-order valence-corrected chi connectivity index (χ1v) is 4.63. The molecule has 0 aromatic carbocycles. The van der Waals surface area contributed by atoms with Gasteiger partial charge in [0.25, 0.3) is 0 Å². The molecule has 0 amide bonds. The topological polar surface area (TPSA) is 38.7 Å². The Hall–Kier alpha value is -0.120. The van der Waals surface area contributed by atoms with Crippen molar-refractivity contribution >= 4 is 0 Å². The number of hydrogen-bond acceptors (Lipinski definition) is 3. The number of fused-ring (bicyclic) bond motifs is 2. The maximum absolute atomic E-state index is 9.87. The molecule has 0 spiro atoms. The molecule has 1 N–H and O–H groups in total. The summed E-state index contributed by atoms with van der Waals surface area (Å²) in [5.74, 6) is 0. The highest BCUT2D eigenvalue weighted by Gasteiger charge is 2.62. The molecule has 3 heteroatoms. The molecule has 0 radical (unpaired) electrons. The van der Waals surface area contributed by atoms with E-state index in [-0.39, 0.29) is 18.3 Å². The molecule has 2 aliphatic heterocycles. The van der Waals surface area contributed by atoms with E-state index in [1.54, 1.807) is 0 Å². The number of aliphatic hydroxyl groups is 1. The van der Waals surface area contributed by atoms with Gasteiger partial charge in [-0.1, -0.05) is 6.92 Å². The molecular weight excluding hydrogens is 156 g/mol. The number of ether oxygens (including phenoxy) is 2. The minimum absolute atomic E-state index is 0.0266. The highest BCUT2D eigenvalue weighted by Crippen LogP contribution is 2.45. The molecule has 2 fully saturated rings. The Kier molecular flexibility index (Phi) is 1.72. The van der Waals surface area contributed by atoms with E-state index in [9.17, 15) is 5.11 Å². The number of rotatable bonds is 1. The summed E-state index contributed by atoms with van der Waals surface area (Å²) in [6, 6.07) is 0. The Morgan fingerprint density at radius 3 is 2.42 bits per heavy atom. The van der Waals surface area contributed by atoms with Crippen LogP contribution in [0.5, 0.6) is 0 Å². The van der Waals surface area contributed by atoms with Crippen LogP contribution in [0.2, 0.25) is 0 Å². The van der Waals surface area contributed by atoms with Gasteiger partial charge in [-0.15, -0.1) is 0 Å². The molecule has 12 heavy (non-hydrogen) atoms. The van der Waals surface area contributed by atoms with Gasteiger partial charge in [-0.3, -0.25) is 0 Å². The summed E-state index contributed by atoms with van der Waals surface area (Å²) in [4.78, 5) is 0. The van der Waals surface area contributed by atoms with E-state index in [1.807, 2.05) is 20.8 Å². The minimum Gasteiger partial charge on any atom is -0.387 e. The number of hydrogen-bond donors (Lipinski definition) is 1. The monoisotopic (exact) mass is 172 g/mol. The molecule has 70 valence electrons. The molecule has 2 heterocycles. The van der Waals surface area contributed by atoms with Crippen LogP contribution in [0.4, 0.5) is 0 Å². The van der Waals surface area contributed by atoms with Crippen LogP contribution in [0.3, 0.4) is 0 Å². The highest BCUT2D eigenvalue weighted by atomic mass is 16.6. The maximum atomic E-state index is 9.87. The first kappa shape index (κ1) is 8.48. The van der Waals surface area contributed by atoms with Crippen LogP contribution in [0.1, 0.15) is 27.2 Å². The fourth-order valence-electron chi connectivity index (χ4n) is 2.47. The van der Waals surface area contributed by atoms with Gasteiger partial charge in [0.05, 0.1) is 12.2 Å². The van der Waals surface area contributed by atoms with Crippen LogP contribution in [-0.4, -0.2) is 35.1 Å². The smallest absolute Gasteiger partial charge is 0.123 e. The van der Waals surface area contributed by atoms with E-state index >= 15 is 0 Å². The summed E-state index contributed by atoms with van der Waals surface area (Å²) in [7, 11) is 0. The molecule has 2 rings (SSSR count). The van der Waals surface area contributed by atoms with E-state index < -0.39 is 11.7 Å². The van der Waals surface area contributed by atoms with Crippen molar-refractivity contribution in [2.45, 2.75) is 57.2 Å². The fraction of sp³-hybridized carbons (Fsp3) is 1.00. The Morgan fingerprint density at radius 2 is 2.08 bits per heavy atom. The third-order valence-electron chi connectivity index (χ3n) is 3.28. The maximum Gasteiger partial charge on any atom is 0.123 e. The van der Waals surface area contributed by atoms with Crippen molar-refractivity contribution in [3.05, 3.63) is 0 Å². The zero-order valence-corrected chi connectivity index (χ0v) is 7.78. The van der Waals surface area contributed by atoms with Crippen molar-refractivity contribution in [2.24, 2.45) is 0 Å². The summed E-state index contributed by atoms with van der Waals surface area (Å²) >= 11 is 0. The third kappa shape index (κ3) is 0.767. The quantitative estimate of drug-likeness (QED) is 0.633. The number of aliphatic hydroxyl groups excluding tert-OH is 1. The van der Waals surface area contributed by atoms with E-state index in [0.717, 1.165) is 6.42 Å². The van der Waals surface area contributed by atoms with Gasteiger partial charge in [-0.25, -0.2) is 0 Å². The standard InChI is InChI=1S/C9H16O3/c1-4-9-6(3)11-7(8(9)10)5(2)12-9/h5-8,10H,4H2,1-3H3/t5-,6+,7-,8-,9-/m0/s1. The van der Waals surface area contributed by atoms with Crippen molar-refractivity contribution < 1.29 is 14.6 Å². The Bertz CT molecular complexity index is 194. The van der Waals surface area contributed by atoms with Crippen LogP contribution in [0.15, 0.2) is 0 Å². The second-order valence-corrected chi connectivity index (χ2v) is 3.82. The molecule has 2 bridgehead atoms. The van der Waals surface area contributed by atoms with Crippen molar-refractivity contribution in [3.63, 3.8) is 0 Å². The van der Waals surface area contributed by atoms with Crippen molar-refractivity contribution in [3.8, 4) is 0 Å². The Balaban J connectivity index is 2.30. The molecule has 0 unspecified atom stereocenters. The SMILES string of the molecule is CC[C@]12O[C@@H](C)[C@H](O[C@@H]1C)[C@@H]2O. The van der Waals surface area contributed by atoms with Crippen molar-refractivity contribution in [2.75, 3.05) is 0 Å². The van der Waals surface area contributed by atoms with Crippen molar-refractivity contribution in [1.82, 2.24) is 0 Å². The zero-order valence-electron chi connectivity index (χ0n) is 7.78. The van der Waals surface area contributed by atoms with E-state index in [4.69, 9.17) is 9.47 Å². The van der Waals surface area contributed by atoms with Crippen LogP contribution in [0.25, 0.3) is 0 Å². The van der Waals surface area contributed by atoms with Crippen LogP contribution >= 0.6 is 0 Å². The highest BCUT2D eigenvalue weighted by molar-refractivity contribution is 5.10. The normalized spacial score (nSPS) is 58.0. The van der Waals surface area contributed by atoms with E-state index in [0.29, 0.717) is 0 Å². The Labute approximate surface area is 72.7 Å². The lowest BCUT2D eigenvalue weighted by molar-refractivity contribution is -0.176. The molecular formula is C9H16O3. The summed E-state index contributed by atoms with van der Waals surface area (Å²) in [6.45, 7) is 5.96. The second-order valence-electron chi connectivity index (χ2n) is 3.82. The van der Waals surface area contributed by atoms with Gasteiger partial charge in [0.1, 0.15) is 17.8 Å². The van der Waals surface area contributed by atoms with Gasteiger partial charge in [-0.2, -0.15) is 0 Å². The van der Waals surface area contributed by atoms with E-state index in [2.05, 4.69) is 0 Å². The lowest BCUT2D eigenvalue weighted by Crippen LogP contribution is -2.45. The summed E-state index contributed by atoms with van der Waals surface area (Å²) in [5.41, 5.74) is -0.427. The average molecular weight is 172 g/mol. The average Bonchev–Trinajstić information content (AvgIpc) is 2.41. The van der Waals surface area contributed by atoms with E-state index in [1.165, 1.54) is 0 Å². The summed E-state index contributed by atoms with van der Waals surface area (Å²) in [5, 5.41) is 9.87. The largest absolute Gasteiger partial charge is 0.387 e. The minimum atomic E-state index is -0.438. The molecule has 0 aromatic heterocycles. The zero-order chi connectivity index (χ0) is 8.93. The van der Waals surface area contributed by atoms with Crippen LogP contribution < -0.4 is 0 Å². The first-order chi connectivity index (χ1) is 5.62.